The summed E-state index contributed by atoms with van der Waals surface area (Å²) in [5, 5.41) is 22.9. The number of carbonyl (C=O) groups excluding carboxylic acids is 1. The summed E-state index contributed by atoms with van der Waals surface area (Å²) in [6.07, 6.45) is 1.99. The standard InChI is InChI=1S/C16H18N2O4/c1-16(2)7-13(19)11(14(20)8-16)9-17-18-12-6-4-3-5-10(12)15(21)22/h3-6,9,18-19H,7-8H2,1-2H3,(H,21,22)/b17-9-. The first kappa shape index (κ1) is 15.8. The number of nitrogens with zero attached hydrogens (tertiary/aromatic N) is 1. The molecule has 3 N–H and O–H groups in total. The average Bonchev–Trinajstić information content (AvgIpc) is 2.41. The zero-order valence-corrected chi connectivity index (χ0v) is 12.5. The summed E-state index contributed by atoms with van der Waals surface area (Å²) in [5.74, 6) is -1.24. The molecular weight excluding hydrogens is 284 g/mol. The zero-order chi connectivity index (χ0) is 16.3. The molecule has 0 amide bonds. The molecule has 0 atom stereocenters. The lowest BCUT2D eigenvalue weighted by Crippen LogP contribution is -2.26. The second-order valence-electron chi connectivity index (χ2n) is 6.02. The van der Waals surface area contributed by atoms with E-state index in [0.29, 0.717) is 18.5 Å². The van der Waals surface area contributed by atoms with Crippen LogP contribution in [0.2, 0.25) is 0 Å². The number of aromatic carboxylic acids is 1. The molecule has 0 aliphatic heterocycles. The normalized spacial score (nSPS) is 17.8. The molecule has 0 bridgehead atoms. The highest BCUT2D eigenvalue weighted by atomic mass is 16.4. The highest BCUT2D eigenvalue weighted by Crippen LogP contribution is 2.35. The largest absolute Gasteiger partial charge is 0.511 e. The lowest BCUT2D eigenvalue weighted by molar-refractivity contribution is -0.117. The summed E-state index contributed by atoms with van der Waals surface area (Å²) in [6, 6.07) is 6.31. The average molecular weight is 302 g/mol. The van der Waals surface area contributed by atoms with E-state index in [1.165, 1.54) is 12.3 Å². The molecule has 0 fully saturated rings. The molecule has 1 aliphatic rings. The molecule has 116 valence electrons. The van der Waals surface area contributed by atoms with Gasteiger partial charge in [0, 0.05) is 12.8 Å². The predicted molar refractivity (Wildman–Crippen MR) is 83.2 cm³/mol. The first-order valence-electron chi connectivity index (χ1n) is 6.87. The third kappa shape index (κ3) is 3.52. The number of nitrogens with one attached hydrogen (secondary N) is 1. The Kier molecular flexibility index (Phi) is 4.30. The van der Waals surface area contributed by atoms with Gasteiger partial charge < -0.3 is 10.2 Å². The van der Waals surface area contributed by atoms with Gasteiger partial charge in [0.1, 0.15) is 5.76 Å². The van der Waals surface area contributed by atoms with Gasteiger partial charge in [-0.3, -0.25) is 10.2 Å². The third-order valence-corrected chi connectivity index (χ3v) is 3.43. The van der Waals surface area contributed by atoms with E-state index in [9.17, 15) is 14.7 Å². The molecule has 1 aromatic carbocycles. The number of hydrazone groups is 1. The minimum absolute atomic E-state index is 0.0123. The van der Waals surface area contributed by atoms with Crippen molar-refractivity contribution in [2.75, 3.05) is 5.43 Å². The number of carbonyl (C=O) groups is 2. The maximum Gasteiger partial charge on any atom is 0.337 e. The number of aliphatic hydroxyl groups excluding tert-OH is 1. The molecule has 1 aliphatic carbocycles. The second kappa shape index (κ2) is 6.01. The Hall–Kier alpha value is -2.63. The van der Waals surface area contributed by atoms with Crippen LogP contribution in [0.5, 0.6) is 0 Å². The Morgan fingerprint density at radius 3 is 2.64 bits per heavy atom. The number of hydrogen-bond donors (Lipinski definition) is 3. The number of Topliss-reactive ketones (excluding diaryl/α,β-unsaturated/α-hetero) is 1. The van der Waals surface area contributed by atoms with E-state index < -0.39 is 5.97 Å². The van der Waals surface area contributed by atoms with Gasteiger partial charge in [-0.25, -0.2) is 4.79 Å². The number of anilines is 1. The molecule has 0 aromatic heterocycles. The van der Waals surface area contributed by atoms with Gasteiger partial charge in [0.05, 0.1) is 23.0 Å². The fraction of sp³-hybridized carbons (Fsp3) is 0.312. The minimum atomic E-state index is -1.07. The fourth-order valence-electron chi connectivity index (χ4n) is 2.38. The molecule has 0 saturated carbocycles. The van der Waals surface area contributed by atoms with Gasteiger partial charge in [-0.05, 0) is 17.5 Å². The molecule has 22 heavy (non-hydrogen) atoms. The number of hydrogen-bond acceptors (Lipinski definition) is 5. The van der Waals surface area contributed by atoms with E-state index in [4.69, 9.17) is 5.11 Å². The van der Waals surface area contributed by atoms with Crippen molar-refractivity contribution in [1.82, 2.24) is 0 Å². The van der Waals surface area contributed by atoms with Crippen molar-refractivity contribution < 1.29 is 19.8 Å². The van der Waals surface area contributed by atoms with Gasteiger partial charge in [0.15, 0.2) is 5.78 Å². The van der Waals surface area contributed by atoms with Gasteiger partial charge in [-0.2, -0.15) is 5.10 Å². The summed E-state index contributed by atoms with van der Waals surface area (Å²) in [7, 11) is 0. The number of benzene rings is 1. The Bertz CT molecular complexity index is 674. The number of rotatable bonds is 4. The van der Waals surface area contributed by atoms with Gasteiger partial charge >= 0.3 is 5.97 Å². The van der Waals surface area contributed by atoms with E-state index in [1.54, 1.807) is 18.2 Å². The van der Waals surface area contributed by atoms with Crippen molar-refractivity contribution in [2.45, 2.75) is 26.7 Å². The maximum atomic E-state index is 12.0. The van der Waals surface area contributed by atoms with Crippen molar-refractivity contribution in [3.05, 3.63) is 41.2 Å². The van der Waals surface area contributed by atoms with Gasteiger partial charge in [-0.1, -0.05) is 26.0 Å². The molecule has 0 saturated heterocycles. The number of aliphatic hydroxyl groups is 1. The molecular formula is C16H18N2O4. The molecule has 2 rings (SSSR count). The van der Waals surface area contributed by atoms with Crippen LogP contribution in [-0.2, 0) is 4.79 Å². The van der Waals surface area contributed by atoms with Crippen LogP contribution in [0.15, 0.2) is 40.7 Å². The summed E-state index contributed by atoms with van der Waals surface area (Å²) in [5.41, 5.74) is 2.89. The van der Waals surface area contributed by atoms with Crippen LogP contribution in [0.25, 0.3) is 0 Å². The number of ketones is 1. The minimum Gasteiger partial charge on any atom is -0.511 e. The van der Waals surface area contributed by atoms with Crippen LogP contribution >= 0.6 is 0 Å². The summed E-state index contributed by atoms with van der Waals surface area (Å²) < 4.78 is 0. The smallest absolute Gasteiger partial charge is 0.337 e. The first-order chi connectivity index (χ1) is 10.3. The SMILES string of the molecule is CC1(C)CC(=O)C(/C=N\Nc2ccccc2C(=O)O)=C(O)C1. The summed E-state index contributed by atoms with van der Waals surface area (Å²) in [4.78, 5) is 23.1. The van der Waals surface area contributed by atoms with E-state index in [0.717, 1.165) is 0 Å². The van der Waals surface area contributed by atoms with Gasteiger partial charge in [0.2, 0.25) is 0 Å². The van der Waals surface area contributed by atoms with Crippen LogP contribution in [0.1, 0.15) is 37.0 Å². The van der Waals surface area contributed by atoms with Crippen molar-refractivity contribution >= 4 is 23.7 Å². The van der Waals surface area contributed by atoms with Gasteiger partial charge in [-0.15, -0.1) is 0 Å². The lowest BCUT2D eigenvalue weighted by Gasteiger charge is -2.28. The number of para-hydroxylation sites is 1. The van der Waals surface area contributed by atoms with Gasteiger partial charge in [0.25, 0.3) is 0 Å². The van der Waals surface area contributed by atoms with Crippen molar-refractivity contribution in [3.63, 3.8) is 0 Å². The quantitative estimate of drug-likeness (QED) is 0.586. The zero-order valence-electron chi connectivity index (χ0n) is 12.5. The van der Waals surface area contributed by atoms with Crippen molar-refractivity contribution in [1.29, 1.82) is 0 Å². The molecule has 0 unspecified atom stereocenters. The number of carboxylic acids is 1. The molecule has 0 heterocycles. The summed E-state index contributed by atoms with van der Waals surface area (Å²) >= 11 is 0. The monoisotopic (exact) mass is 302 g/mol. The van der Waals surface area contributed by atoms with E-state index in [1.807, 2.05) is 13.8 Å². The van der Waals surface area contributed by atoms with E-state index in [-0.39, 0.29) is 28.1 Å². The highest BCUT2D eigenvalue weighted by Gasteiger charge is 2.32. The van der Waals surface area contributed by atoms with Crippen LogP contribution in [0.4, 0.5) is 5.69 Å². The number of carboxylic acid groups (broad SMARTS) is 1. The molecule has 0 radical (unpaired) electrons. The topological polar surface area (TPSA) is 99.0 Å². The van der Waals surface area contributed by atoms with Crippen molar-refractivity contribution in [3.8, 4) is 0 Å². The van der Waals surface area contributed by atoms with Crippen molar-refractivity contribution in [2.24, 2.45) is 10.5 Å². The Morgan fingerprint density at radius 2 is 2.00 bits per heavy atom. The number of allylic oxidation sites excluding steroid dienone is 2. The van der Waals surface area contributed by atoms with E-state index in [2.05, 4.69) is 10.5 Å². The maximum absolute atomic E-state index is 12.0. The van der Waals surface area contributed by atoms with E-state index >= 15 is 0 Å². The highest BCUT2D eigenvalue weighted by molar-refractivity contribution is 6.14. The Labute approximate surface area is 128 Å². The lowest BCUT2D eigenvalue weighted by atomic mass is 9.77. The Balaban J connectivity index is 2.17. The molecule has 6 heteroatoms. The Morgan fingerprint density at radius 1 is 1.32 bits per heavy atom. The van der Waals surface area contributed by atoms with Crippen LogP contribution in [-0.4, -0.2) is 28.2 Å². The third-order valence-electron chi connectivity index (χ3n) is 3.43. The van der Waals surface area contributed by atoms with Crippen LogP contribution in [0.3, 0.4) is 0 Å². The second-order valence-corrected chi connectivity index (χ2v) is 6.02. The van der Waals surface area contributed by atoms with Crippen LogP contribution < -0.4 is 5.43 Å². The summed E-state index contributed by atoms with van der Waals surface area (Å²) in [6.45, 7) is 3.83. The fourth-order valence-corrected chi connectivity index (χ4v) is 2.38. The molecule has 1 aromatic rings. The molecule has 6 nitrogen and oxygen atoms in total. The predicted octanol–water partition coefficient (Wildman–Crippen LogP) is 2.98. The molecule has 0 spiro atoms. The first-order valence-corrected chi connectivity index (χ1v) is 6.87. The van der Waals surface area contributed by atoms with Crippen LogP contribution in [0, 0.1) is 5.41 Å².